The molecule has 0 radical (unpaired) electrons. The van der Waals surface area contributed by atoms with Crippen LogP contribution in [0.1, 0.15) is 30.1 Å². The van der Waals surface area contributed by atoms with Gasteiger partial charge in [0.25, 0.3) is 0 Å². The van der Waals surface area contributed by atoms with E-state index < -0.39 is 0 Å². The molecule has 2 unspecified atom stereocenters. The molecule has 1 aromatic heterocycles. The summed E-state index contributed by atoms with van der Waals surface area (Å²) >= 11 is 0. The highest BCUT2D eigenvalue weighted by molar-refractivity contribution is 5.21. The summed E-state index contributed by atoms with van der Waals surface area (Å²) < 4.78 is 1.93. The number of nitrogens with zero attached hydrogens (tertiary/aromatic N) is 4. The fourth-order valence-corrected chi connectivity index (χ4v) is 3.08. The first-order chi connectivity index (χ1) is 9.04. The van der Waals surface area contributed by atoms with Crippen molar-refractivity contribution in [3.05, 3.63) is 17.5 Å². The van der Waals surface area contributed by atoms with Crippen LogP contribution in [0.3, 0.4) is 0 Å². The second-order valence-corrected chi connectivity index (χ2v) is 5.78. The van der Waals surface area contributed by atoms with Crippen LogP contribution in [-0.2, 0) is 7.05 Å². The number of likely N-dealkylation sites (N-methyl/N-ethyl adjacent to an activating group) is 2. The molecule has 1 aliphatic heterocycles. The normalized spacial score (nSPS) is 22.9. The number of aryl methyl sites for hydroxylation is 1. The zero-order chi connectivity index (χ0) is 14.0. The average molecular weight is 265 g/mol. The van der Waals surface area contributed by atoms with Gasteiger partial charge in [0, 0.05) is 37.4 Å². The van der Waals surface area contributed by atoms with E-state index in [2.05, 4.69) is 35.9 Å². The van der Waals surface area contributed by atoms with Gasteiger partial charge in [-0.05, 0) is 40.4 Å². The summed E-state index contributed by atoms with van der Waals surface area (Å²) in [6.45, 7) is 5.10. The average Bonchev–Trinajstić information content (AvgIpc) is 2.72. The van der Waals surface area contributed by atoms with Crippen molar-refractivity contribution in [2.24, 2.45) is 12.8 Å². The topological polar surface area (TPSA) is 50.3 Å². The fraction of sp³-hybridized carbons (Fsp3) is 0.786. The summed E-state index contributed by atoms with van der Waals surface area (Å²) in [4.78, 5) is 4.86. The summed E-state index contributed by atoms with van der Waals surface area (Å²) in [6, 6.07) is 0.858. The van der Waals surface area contributed by atoms with Gasteiger partial charge in [-0.3, -0.25) is 9.58 Å². The molecule has 5 heteroatoms. The van der Waals surface area contributed by atoms with Crippen molar-refractivity contribution in [2.45, 2.75) is 31.8 Å². The lowest BCUT2D eigenvalue weighted by Gasteiger charge is -2.39. The molecule has 0 saturated carbocycles. The lowest BCUT2D eigenvalue weighted by Crippen LogP contribution is -2.47. The predicted octanol–water partition coefficient (Wildman–Crippen LogP) is 0.754. The maximum absolute atomic E-state index is 6.03. The molecule has 1 saturated heterocycles. The van der Waals surface area contributed by atoms with Crippen LogP contribution in [0.15, 0.2) is 6.20 Å². The van der Waals surface area contributed by atoms with Gasteiger partial charge in [0.05, 0.1) is 12.2 Å². The zero-order valence-corrected chi connectivity index (χ0v) is 12.6. The first kappa shape index (κ1) is 14.5. The highest BCUT2D eigenvalue weighted by atomic mass is 15.3. The standard InChI is InChI=1S/C14H27N5/c1-11-13(9-16-19(11)4)14(8-15)18(3)12-6-5-7-17(2)10-12/h9,12,14H,5-8,10,15H2,1-4H3. The van der Waals surface area contributed by atoms with Crippen molar-refractivity contribution < 1.29 is 0 Å². The molecule has 1 fully saturated rings. The largest absolute Gasteiger partial charge is 0.329 e. The van der Waals surface area contributed by atoms with Crippen molar-refractivity contribution in [2.75, 3.05) is 33.7 Å². The predicted molar refractivity (Wildman–Crippen MR) is 78.0 cm³/mol. The Morgan fingerprint density at radius 3 is 2.79 bits per heavy atom. The Labute approximate surface area is 116 Å². The Hall–Kier alpha value is -0.910. The van der Waals surface area contributed by atoms with E-state index >= 15 is 0 Å². The minimum Gasteiger partial charge on any atom is -0.329 e. The van der Waals surface area contributed by atoms with Gasteiger partial charge >= 0.3 is 0 Å². The van der Waals surface area contributed by atoms with Crippen LogP contribution in [0.25, 0.3) is 0 Å². The van der Waals surface area contributed by atoms with Crippen LogP contribution in [0.5, 0.6) is 0 Å². The Kier molecular flexibility index (Phi) is 4.60. The molecule has 0 bridgehead atoms. The molecular formula is C14H27N5. The van der Waals surface area contributed by atoms with E-state index in [0.29, 0.717) is 12.6 Å². The van der Waals surface area contributed by atoms with E-state index in [-0.39, 0.29) is 6.04 Å². The van der Waals surface area contributed by atoms with E-state index in [4.69, 9.17) is 5.73 Å². The quantitative estimate of drug-likeness (QED) is 0.873. The Bertz CT molecular complexity index is 414. The van der Waals surface area contributed by atoms with Crippen molar-refractivity contribution in [1.29, 1.82) is 0 Å². The SMILES string of the molecule is Cc1c(C(CN)N(C)C2CCCN(C)C2)cnn1C. The van der Waals surface area contributed by atoms with Crippen LogP contribution in [0, 0.1) is 6.92 Å². The minimum atomic E-state index is 0.269. The number of hydrogen-bond donors (Lipinski definition) is 1. The van der Waals surface area contributed by atoms with Gasteiger partial charge in [0.1, 0.15) is 0 Å². The van der Waals surface area contributed by atoms with Gasteiger partial charge in [-0.1, -0.05) is 0 Å². The molecule has 5 nitrogen and oxygen atoms in total. The second kappa shape index (κ2) is 6.03. The lowest BCUT2D eigenvalue weighted by atomic mass is 10.00. The van der Waals surface area contributed by atoms with Crippen LogP contribution in [0.2, 0.25) is 0 Å². The van der Waals surface area contributed by atoms with Crippen LogP contribution in [-0.4, -0.2) is 59.4 Å². The van der Waals surface area contributed by atoms with Gasteiger partial charge in [0.2, 0.25) is 0 Å². The minimum absolute atomic E-state index is 0.269. The third-order valence-corrected chi connectivity index (χ3v) is 4.52. The van der Waals surface area contributed by atoms with Crippen molar-refractivity contribution in [3.8, 4) is 0 Å². The summed E-state index contributed by atoms with van der Waals surface area (Å²) in [6.07, 6.45) is 4.50. The Morgan fingerprint density at radius 1 is 1.53 bits per heavy atom. The first-order valence-electron chi connectivity index (χ1n) is 7.13. The van der Waals surface area contributed by atoms with E-state index in [1.165, 1.54) is 30.6 Å². The number of hydrogen-bond acceptors (Lipinski definition) is 4. The molecule has 2 rings (SSSR count). The highest BCUT2D eigenvalue weighted by Gasteiger charge is 2.28. The number of rotatable bonds is 4. The van der Waals surface area contributed by atoms with Gasteiger partial charge in [-0.25, -0.2) is 0 Å². The molecule has 1 aliphatic rings. The smallest absolute Gasteiger partial charge is 0.0540 e. The van der Waals surface area contributed by atoms with Gasteiger partial charge in [-0.15, -0.1) is 0 Å². The van der Waals surface area contributed by atoms with Crippen LogP contribution in [0.4, 0.5) is 0 Å². The van der Waals surface area contributed by atoms with Crippen molar-refractivity contribution in [3.63, 3.8) is 0 Å². The molecule has 2 heterocycles. The first-order valence-corrected chi connectivity index (χ1v) is 7.13. The van der Waals surface area contributed by atoms with E-state index in [9.17, 15) is 0 Å². The molecule has 2 N–H and O–H groups in total. The number of aromatic nitrogens is 2. The Balaban J connectivity index is 2.14. The summed E-state index contributed by atoms with van der Waals surface area (Å²) in [5.74, 6) is 0. The third kappa shape index (κ3) is 2.99. The summed E-state index contributed by atoms with van der Waals surface area (Å²) in [5.41, 5.74) is 8.51. The zero-order valence-electron chi connectivity index (χ0n) is 12.6. The number of piperidine rings is 1. The van der Waals surface area contributed by atoms with Gasteiger partial charge in [0.15, 0.2) is 0 Å². The monoisotopic (exact) mass is 265 g/mol. The van der Waals surface area contributed by atoms with Crippen molar-refractivity contribution >= 4 is 0 Å². The molecular weight excluding hydrogens is 238 g/mol. The molecule has 19 heavy (non-hydrogen) atoms. The van der Waals surface area contributed by atoms with E-state index in [1.807, 2.05) is 17.9 Å². The molecule has 108 valence electrons. The fourth-order valence-electron chi connectivity index (χ4n) is 3.08. The molecule has 1 aromatic rings. The van der Waals surface area contributed by atoms with E-state index in [0.717, 1.165) is 6.54 Å². The second-order valence-electron chi connectivity index (χ2n) is 5.78. The number of likely N-dealkylation sites (tertiary alicyclic amines) is 1. The maximum atomic E-state index is 6.03. The van der Waals surface area contributed by atoms with Crippen LogP contribution >= 0.6 is 0 Å². The van der Waals surface area contributed by atoms with Gasteiger partial charge in [-0.2, -0.15) is 5.10 Å². The lowest BCUT2D eigenvalue weighted by molar-refractivity contribution is 0.101. The molecule has 0 spiro atoms. The molecule has 2 atom stereocenters. The number of nitrogens with two attached hydrogens (primary N) is 1. The van der Waals surface area contributed by atoms with Crippen LogP contribution < -0.4 is 5.73 Å². The molecule has 0 aromatic carbocycles. The molecule has 0 aliphatic carbocycles. The summed E-state index contributed by atoms with van der Waals surface area (Å²) in [5, 5.41) is 4.35. The Morgan fingerprint density at radius 2 is 2.26 bits per heavy atom. The van der Waals surface area contributed by atoms with Crippen molar-refractivity contribution in [1.82, 2.24) is 19.6 Å². The summed E-state index contributed by atoms with van der Waals surface area (Å²) in [7, 11) is 6.39. The highest BCUT2D eigenvalue weighted by Crippen LogP contribution is 2.26. The third-order valence-electron chi connectivity index (χ3n) is 4.52. The van der Waals surface area contributed by atoms with Gasteiger partial charge < -0.3 is 10.6 Å². The molecule has 0 amide bonds. The maximum Gasteiger partial charge on any atom is 0.0540 e. The van der Waals surface area contributed by atoms with E-state index in [1.54, 1.807) is 0 Å².